The molecule has 1 radical (unpaired) electrons. The summed E-state index contributed by atoms with van der Waals surface area (Å²) < 4.78 is 34.2. The molecule has 193 valence electrons. The van der Waals surface area contributed by atoms with Crippen LogP contribution in [0.25, 0.3) is 0 Å². The number of nitro groups is 1. The highest BCUT2D eigenvalue weighted by Gasteiger charge is 2.39. The number of halogens is 1. The van der Waals surface area contributed by atoms with E-state index in [1.807, 2.05) is 48.5 Å². The maximum absolute atomic E-state index is 13.3. The van der Waals surface area contributed by atoms with E-state index in [-0.39, 0.29) is 21.4 Å². The normalized spacial score (nSPS) is 12.6. The van der Waals surface area contributed by atoms with E-state index in [2.05, 4.69) is 41.5 Å². The Labute approximate surface area is 222 Å². The molecule has 0 spiro atoms. The molecule has 0 heterocycles. The van der Waals surface area contributed by atoms with Gasteiger partial charge >= 0.3 is 30.4 Å². The van der Waals surface area contributed by atoms with Crippen molar-refractivity contribution in [3.63, 3.8) is 0 Å². The lowest BCUT2D eigenvalue weighted by atomic mass is 9.82. The molecule has 8 heteroatoms. The number of nitrogens with zero attached hydrogens (tertiary/aromatic N) is 1. The summed E-state index contributed by atoms with van der Waals surface area (Å²) in [5.41, 5.74) is 2.05. The summed E-state index contributed by atoms with van der Waals surface area (Å²) in [7, 11) is -4.23. The van der Waals surface area contributed by atoms with Crippen LogP contribution in [0.2, 0.25) is 0 Å². The molecule has 0 aromatic heterocycles. The van der Waals surface area contributed by atoms with Gasteiger partial charge < -0.3 is 0 Å². The molecule has 36 heavy (non-hydrogen) atoms. The van der Waals surface area contributed by atoms with E-state index in [4.69, 9.17) is 2.51 Å². The second-order valence-corrected chi connectivity index (χ2v) is 16.5. The lowest BCUT2D eigenvalue weighted by molar-refractivity contribution is -1.03. The maximum atomic E-state index is 13.3. The quantitative estimate of drug-likeness (QED) is 0.194. The molecule has 0 atom stereocenters. The number of hydrogen-bond acceptors (Lipinski definition) is 5. The van der Waals surface area contributed by atoms with Gasteiger partial charge in [0.05, 0.1) is 4.92 Å². The van der Waals surface area contributed by atoms with Crippen molar-refractivity contribution < 1.29 is 36.1 Å². The Bertz CT molecular complexity index is 1260. The predicted molar refractivity (Wildman–Crippen MR) is 138 cm³/mol. The highest BCUT2D eigenvalue weighted by molar-refractivity contribution is 7.86. The third-order valence-electron chi connectivity index (χ3n) is 6.88. The van der Waals surface area contributed by atoms with E-state index in [1.165, 1.54) is 29.3 Å². The number of non-ortho nitro benzene ring substituents is 1. The van der Waals surface area contributed by atoms with Crippen molar-refractivity contribution in [3.05, 3.63) is 101 Å². The number of benzene rings is 3. The smallest absolute Gasteiger partial charge is 0.258 e. The van der Waals surface area contributed by atoms with E-state index in [1.54, 1.807) is 0 Å². The molecule has 0 saturated heterocycles. The van der Waals surface area contributed by atoms with Crippen LogP contribution < -0.4 is 20.2 Å². The van der Waals surface area contributed by atoms with Crippen molar-refractivity contribution in [2.24, 2.45) is 0 Å². The lowest BCUT2D eigenvalue weighted by Crippen LogP contribution is -3.85. The zero-order chi connectivity index (χ0) is 26.7. The molecule has 3 rings (SSSR count). The Morgan fingerprint density at radius 2 is 1.25 bits per heavy atom. The fraction of sp³-hybridized carbons (Fsp3) is 0.357. The minimum Gasteiger partial charge on any atom is -0.258 e. The van der Waals surface area contributed by atoms with Crippen LogP contribution in [0.3, 0.4) is 0 Å². The van der Waals surface area contributed by atoms with Gasteiger partial charge in [-0.2, -0.15) is 8.42 Å². The molecule has 0 unspecified atom stereocenters. The average Bonchev–Trinajstić information content (AvgIpc) is 2.87. The summed E-state index contributed by atoms with van der Waals surface area (Å²) in [5, 5.41) is 11.2. The summed E-state index contributed by atoms with van der Waals surface area (Å²) in [4.78, 5) is 10.4. The van der Waals surface area contributed by atoms with Crippen LogP contribution >= 0.6 is 0 Å². The van der Waals surface area contributed by atoms with Gasteiger partial charge in [0.25, 0.3) is 5.69 Å². The van der Waals surface area contributed by atoms with Crippen molar-refractivity contribution in [2.45, 2.75) is 70.1 Å². The summed E-state index contributed by atoms with van der Waals surface area (Å²) in [6, 6.07) is 21.0. The molecule has 3 aromatic carbocycles. The van der Waals surface area contributed by atoms with Crippen molar-refractivity contribution >= 4 is 15.8 Å². The van der Waals surface area contributed by atoms with Crippen LogP contribution in [-0.2, 0) is 23.5 Å². The van der Waals surface area contributed by atoms with Crippen molar-refractivity contribution in [3.8, 4) is 0 Å². The van der Waals surface area contributed by atoms with Gasteiger partial charge in [-0.3, -0.25) is 10.1 Å². The van der Waals surface area contributed by atoms with Gasteiger partial charge in [-0.1, -0.05) is 71.9 Å². The average molecular weight is 624 g/mol. The second kappa shape index (κ2) is 11.0. The van der Waals surface area contributed by atoms with Crippen molar-refractivity contribution in [1.29, 1.82) is 0 Å². The third kappa shape index (κ3) is 6.33. The van der Waals surface area contributed by atoms with E-state index in [0.717, 1.165) is 26.0 Å². The van der Waals surface area contributed by atoms with Crippen molar-refractivity contribution in [1.82, 2.24) is 0 Å². The van der Waals surface area contributed by atoms with E-state index in [0.29, 0.717) is 0 Å². The molecule has 0 bridgehead atoms. The van der Waals surface area contributed by atoms with Gasteiger partial charge in [-0.05, 0) is 67.6 Å². The minimum absolute atomic E-state index is 0.000857. The molecule has 0 amide bonds. The molecule has 0 aliphatic carbocycles. The maximum Gasteiger partial charge on any atom is 0.336 e. The highest BCUT2D eigenvalue weighted by atomic mass is 127. The van der Waals surface area contributed by atoms with Crippen LogP contribution in [-0.4, -0.2) is 13.3 Å². The fourth-order valence-corrected chi connectivity index (χ4v) is 10.4. The van der Waals surface area contributed by atoms with Crippen LogP contribution in [0.15, 0.2) is 77.7 Å². The van der Waals surface area contributed by atoms with Gasteiger partial charge in [-0.15, -0.1) is 0 Å². The fourth-order valence-electron chi connectivity index (χ4n) is 3.51. The van der Waals surface area contributed by atoms with Gasteiger partial charge in [0.2, 0.25) is 0 Å². The van der Waals surface area contributed by atoms with Gasteiger partial charge in [0.15, 0.2) is 7.14 Å². The lowest BCUT2D eigenvalue weighted by Gasteiger charge is -2.23. The Kier molecular flexibility index (Phi) is 8.63. The molecular weight excluding hydrogens is 589 g/mol. The summed E-state index contributed by atoms with van der Waals surface area (Å²) >= 11 is -2.94. The van der Waals surface area contributed by atoms with E-state index >= 15 is 0 Å². The highest BCUT2D eigenvalue weighted by Crippen LogP contribution is 2.27. The molecule has 0 N–H and O–H groups in total. The minimum atomic E-state index is -4.23. The topological polar surface area (TPSA) is 86.5 Å². The predicted octanol–water partition coefficient (Wildman–Crippen LogP) is 3.95. The Balaban J connectivity index is 2.06. The first-order valence-electron chi connectivity index (χ1n) is 11.9. The number of nitro benzene ring substituents is 1. The number of rotatable bonds is 10. The van der Waals surface area contributed by atoms with Crippen molar-refractivity contribution in [2.75, 3.05) is 0 Å². The molecule has 3 aromatic rings. The van der Waals surface area contributed by atoms with Crippen LogP contribution in [0, 0.1) is 17.3 Å². The standard InChI is InChI=1S/C28H34INO5S/c1-7-27(3,4)21-12-16-23(17-13-21)29(24-18-14-22(15-19-24)28(5,6)8-2)35-36(33,34)26-11-9-10-25(20-26)30(31)32/h9-20H,7-8H2,1-6H3/q+1. The zero-order valence-electron chi connectivity index (χ0n) is 21.6. The third-order valence-corrected chi connectivity index (χ3v) is 14.2. The zero-order valence-corrected chi connectivity index (χ0v) is 24.6. The van der Waals surface area contributed by atoms with Crippen LogP contribution in [0.1, 0.15) is 65.5 Å². The summed E-state index contributed by atoms with van der Waals surface area (Å²) in [6.45, 7) is 13.0. The molecule has 0 fully saturated rings. The first-order valence-corrected chi connectivity index (χ1v) is 16.4. The molecule has 0 aliphatic rings. The Morgan fingerprint density at radius 3 is 1.64 bits per heavy atom. The first kappa shape index (κ1) is 28.3. The molecule has 0 aliphatic heterocycles. The molecular formula is C28H34INO5S+. The SMILES string of the molecule is CCC(C)(C)c1ccc([I+](OS(=O)(=O)c2cccc([N+](=O)[O-])c2)c2ccc(C(C)(C)CC)cc2)cc1. The van der Waals surface area contributed by atoms with E-state index in [9.17, 15) is 18.5 Å². The van der Waals surface area contributed by atoms with Crippen LogP contribution in [0.5, 0.6) is 0 Å². The molecule has 0 saturated carbocycles. The van der Waals surface area contributed by atoms with Gasteiger partial charge in [-0.25, -0.2) is 0 Å². The first-order chi connectivity index (χ1) is 16.8. The Morgan fingerprint density at radius 1 is 0.806 bits per heavy atom. The largest absolute Gasteiger partial charge is 0.336 e. The summed E-state index contributed by atoms with van der Waals surface area (Å²) in [6.07, 6.45) is 1.95. The van der Waals surface area contributed by atoms with Gasteiger partial charge in [0.1, 0.15) is 4.90 Å². The number of hydrogen-bond donors (Lipinski definition) is 0. The van der Waals surface area contributed by atoms with Gasteiger partial charge in [0, 0.05) is 12.1 Å². The molecule has 6 nitrogen and oxygen atoms in total. The second-order valence-electron chi connectivity index (χ2n) is 10.0. The Hall–Kier alpha value is -2.30. The summed E-state index contributed by atoms with van der Waals surface area (Å²) in [5.74, 6) is 0. The van der Waals surface area contributed by atoms with Crippen LogP contribution in [0.4, 0.5) is 5.69 Å². The monoisotopic (exact) mass is 623 g/mol. The van der Waals surface area contributed by atoms with E-state index < -0.39 is 35.3 Å².